The summed E-state index contributed by atoms with van der Waals surface area (Å²) in [5, 5.41) is 5.86. The first-order valence-electron chi connectivity index (χ1n) is 13.1. The van der Waals surface area contributed by atoms with Crippen molar-refractivity contribution in [3.63, 3.8) is 0 Å². The number of unbranched alkanes of at least 4 members (excludes halogenated alkanes) is 2. The zero-order valence-electron chi connectivity index (χ0n) is 22.2. The lowest BCUT2D eigenvalue weighted by molar-refractivity contribution is -0.140. The van der Waals surface area contributed by atoms with Gasteiger partial charge in [0.2, 0.25) is 11.8 Å². The van der Waals surface area contributed by atoms with Crippen LogP contribution in [0.15, 0.2) is 30.4 Å². The minimum atomic E-state index is -0.543. The molecule has 2 amide bonds. The van der Waals surface area contributed by atoms with Crippen molar-refractivity contribution in [2.45, 2.75) is 90.8 Å². The van der Waals surface area contributed by atoms with Crippen LogP contribution < -0.4 is 25.8 Å². The molecule has 1 saturated carbocycles. The second-order valence-electron chi connectivity index (χ2n) is 9.95. The first kappa shape index (κ1) is 29.4. The van der Waals surface area contributed by atoms with Crippen molar-refractivity contribution >= 4 is 17.8 Å². The van der Waals surface area contributed by atoms with Crippen LogP contribution in [0.2, 0.25) is 0 Å². The van der Waals surface area contributed by atoms with Crippen molar-refractivity contribution in [2.75, 3.05) is 7.11 Å². The summed E-state index contributed by atoms with van der Waals surface area (Å²) in [6.45, 7) is 6.33. The van der Waals surface area contributed by atoms with Crippen molar-refractivity contribution in [3.8, 4) is 11.5 Å². The number of hydrogen-bond donors (Lipinski definition) is 3. The lowest BCUT2D eigenvalue weighted by Crippen LogP contribution is -2.45. The van der Waals surface area contributed by atoms with E-state index in [1.165, 1.54) is 7.11 Å². The van der Waals surface area contributed by atoms with Crippen LogP contribution in [0.1, 0.15) is 77.7 Å². The van der Waals surface area contributed by atoms with E-state index in [2.05, 4.69) is 36.6 Å². The molecule has 8 heteroatoms. The topological polar surface area (TPSA) is 120 Å². The third-order valence-electron chi connectivity index (χ3n) is 6.29. The van der Waals surface area contributed by atoms with Gasteiger partial charge < -0.3 is 25.8 Å². The first-order chi connectivity index (χ1) is 17.2. The van der Waals surface area contributed by atoms with Crippen molar-refractivity contribution in [3.05, 3.63) is 35.9 Å². The van der Waals surface area contributed by atoms with Gasteiger partial charge in [-0.2, -0.15) is 0 Å². The number of nitrogens with one attached hydrogen (secondary N) is 2. The fraction of sp³-hybridized carbons (Fsp3) is 0.607. The van der Waals surface area contributed by atoms with E-state index >= 15 is 0 Å². The molecule has 0 radical (unpaired) electrons. The molecule has 1 aromatic carbocycles. The van der Waals surface area contributed by atoms with Gasteiger partial charge in [-0.05, 0) is 75.5 Å². The van der Waals surface area contributed by atoms with Gasteiger partial charge in [0.1, 0.15) is 0 Å². The predicted molar refractivity (Wildman–Crippen MR) is 140 cm³/mol. The molecule has 1 unspecified atom stereocenters. The Morgan fingerprint density at radius 3 is 2.44 bits per heavy atom. The molecule has 0 spiro atoms. The van der Waals surface area contributed by atoms with Crippen LogP contribution in [0.25, 0.3) is 0 Å². The monoisotopic (exact) mass is 501 g/mol. The van der Waals surface area contributed by atoms with Crippen LogP contribution in [0.3, 0.4) is 0 Å². The van der Waals surface area contributed by atoms with Crippen LogP contribution >= 0.6 is 0 Å². The number of allylic oxidation sites excluding steroid dienone is 2. The van der Waals surface area contributed by atoms with Gasteiger partial charge in [0.05, 0.1) is 19.1 Å². The Morgan fingerprint density at radius 1 is 1.08 bits per heavy atom. The average molecular weight is 502 g/mol. The maximum absolute atomic E-state index is 12.7. The van der Waals surface area contributed by atoms with Gasteiger partial charge in [0, 0.05) is 19.0 Å². The van der Waals surface area contributed by atoms with Crippen LogP contribution in [0.4, 0.5) is 0 Å². The second kappa shape index (κ2) is 15.3. The normalized spacial score (nSPS) is 18.6. The Balaban J connectivity index is 1.77. The Labute approximate surface area is 215 Å². The number of ether oxygens (including phenoxy) is 2. The third-order valence-corrected chi connectivity index (χ3v) is 6.29. The van der Waals surface area contributed by atoms with Crippen molar-refractivity contribution in [1.82, 2.24) is 10.6 Å². The highest BCUT2D eigenvalue weighted by molar-refractivity contribution is 5.81. The zero-order chi connectivity index (χ0) is 26.5. The van der Waals surface area contributed by atoms with Crippen LogP contribution in [-0.4, -0.2) is 37.0 Å². The molecular formula is C28H43N3O5. The SMILES string of the molecule is COc1cc(CNC(=O)CCCC/C=C/C(C)C)ccc1OC(=O)[C@H]1CC[C@H](NC(=O)C(C)N)CC1. The number of amides is 2. The van der Waals surface area contributed by atoms with E-state index in [-0.39, 0.29) is 29.7 Å². The highest BCUT2D eigenvalue weighted by Gasteiger charge is 2.29. The van der Waals surface area contributed by atoms with Crippen molar-refractivity contribution in [2.24, 2.45) is 17.6 Å². The molecule has 0 heterocycles. The van der Waals surface area contributed by atoms with Gasteiger partial charge >= 0.3 is 5.97 Å². The lowest BCUT2D eigenvalue weighted by atomic mass is 9.86. The van der Waals surface area contributed by atoms with Crippen LogP contribution in [-0.2, 0) is 20.9 Å². The maximum atomic E-state index is 12.7. The van der Waals surface area contributed by atoms with Crippen LogP contribution in [0, 0.1) is 11.8 Å². The van der Waals surface area contributed by atoms with Gasteiger partial charge in [-0.25, -0.2) is 0 Å². The van der Waals surface area contributed by atoms with E-state index in [0.29, 0.717) is 56.1 Å². The number of carbonyl (C=O) groups excluding carboxylic acids is 3. The standard InChI is InChI=1S/C28H43N3O5/c1-19(2)9-7-5-6-8-10-26(32)30-18-21-11-16-24(25(17-21)35-4)36-28(34)22-12-14-23(15-13-22)31-27(33)20(3)29/h7,9,11,16-17,19-20,22-23H,5-6,8,10,12-15,18,29H2,1-4H3,(H,30,32)(H,31,33)/b9-7+/t20?,22-,23-. The minimum absolute atomic E-state index is 0.0185. The maximum Gasteiger partial charge on any atom is 0.314 e. The summed E-state index contributed by atoms with van der Waals surface area (Å²) >= 11 is 0. The molecule has 0 saturated heterocycles. The van der Waals surface area contributed by atoms with E-state index in [4.69, 9.17) is 15.2 Å². The number of carbonyl (C=O) groups is 3. The summed E-state index contributed by atoms with van der Waals surface area (Å²) in [5.41, 5.74) is 6.47. The molecule has 2 rings (SSSR count). The number of rotatable bonds is 13. The van der Waals surface area contributed by atoms with Gasteiger partial charge in [-0.3, -0.25) is 14.4 Å². The Kier molecular flexibility index (Phi) is 12.5. The molecule has 0 aromatic heterocycles. The fourth-order valence-corrected chi connectivity index (χ4v) is 4.11. The van der Waals surface area contributed by atoms with Gasteiger partial charge in [-0.15, -0.1) is 0 Å². The molecule has 1 fully saturated rings. The Hall–Kier alpha value is -2.87. The van der Waals surface area contributed by atoms with E-state index < -0.39 is 6.04 Å². The molecule has 1 aliphatic carbocycles. The van der Waals surface area contributed by atoms with E-state index in [0.717, 1.165) is 24.8 Å². The summed E-state index contributed by atoms with van der Waals surface area (Å²) in [7, 11) is 1.52. The molecule has 200 valence electrons. The molecule has 1 aromatic rings. The summed E-state index contributed by atoms with van der Waals surface area (Å²) < 4.78 is 11.1. The lowest BCUT2D eigenvalue weighted by Gasteiger charge is -2.28. The van der Waals surface area contributed by atoms with Crippen molar-refractivity contribution in [1.29, 1.82) is 0 Å². The van der Waals surface area contributed by atoms with Crippen LogP contribution in [0.5, 0.6) is 11.5 Å². The number of methoxy groups -OCH3 is 1. The number of nitrogens with two attached hydrogens (primary N) is 1. The molecular weight excluding hydrogens is 458 g/mol. The van der Waals surface area contributed by atoms with Gasteiger partial charge in [0.15, 0.2) is 11.5 Å². The molecule has 36 heavy (non-hydrogen) atoms. The van der Waals surface area contributed by atoms with Crippen molar-refractivity contribution < 1.29 is 23.9 Å². The molecule has 8 nitrogen and oxygen atoms in total. The summed E-state index contributed by atoms with van der Waals surface area (Å²) in [5.74, 6) is 0.694. The van der Waals surface area contributed by atoms with E-state index in [1.54, 1.807) is 19.1 Å². The number of esters is 1. The third kappa shape index (κ3) is 10.4. The molecule has 1 atom stereocenters. The number of hydrogen-bond acceptors (Lipinski definition) is 6. The molecule has 0 aliphatic heterocycles. The summed E-state index contributed by atoms with van der Waals surface area (Å²) in [6.07, 6.45) is 10.4. The Morgan fingerprint density at radius 2 is 1.81 bits per heavy atom. The fourth-order valence-electron chi connectivity index (χ4n) is 4.11. The average Bonchev–Trinajstić information content (AvgIpc) is 2.85. The molecule has 1 aliphatic rings. The predicted octanol–water partition coefficient (Wildman–Crippen LogP) is 4.01. The zero-order valence-corrected chi connectivity index (χ0v) is 22.2. The first-order valence-corrected chi connectivity index (χ1v) is 13.1. The summed E-state index contributed by atoms with van der Waals surface area (Å²) in [4.78, 5) is 36.7. The molecule has 0 bridgehead atoms. The van der Waals surface area contributed by atoms with Gasteiger partial charge in [-0.1, -0.05) is 32.1 Å². The largest absolute Gasteiger partial charge is 0.493 e. The van der Waals surface area contributed by atoms with Gasteiger partial charge in [0.25, 0.3) is 0 Å². The quantitative estimate of drug-likeness (QED) is 0.163. The Bertz CT molecular complexity index is 889. The summed E-state index contributed by atoms with van der Waals surface area (Å²) in [6, 6.07) is 4.80. The van der Waals surface area contributed by atoms with E-state index in [9.17, 15) is 14.4 Å². The molecule has 4 N–H and O–H groups in total. The highest BCUT2D eigenvalue weighted by atomic mass is 16.6. The highest BCUT2D eigenvalue weighted by Crippen LogP contribution is 2.31. The second-order valence-corrected chi connectivity index (χ2v) is 9.95. The smallest absolute Gasteiger partial charge is 0.314 e. The number of benzene rings is 1. The minimum Gasteiger partial charge on any atom is -0.493 e. The van der Waals surface area contributed by atoms with E-state index in [1.807, 2.05) is 6.07 Å².